The summed E-state index contributed by atoms with van der Waals surface area (Å²) in [5.74, 6) is 4.52. The second-order valence-corrected chi connectivity index (χ2v) is 9.06. The number of nitrogen functional groups attached to an aromatic ring is 1. The number of thiazole rings is 1. The SMILES string of the molecule is CC1C2CCNC[C@H]12.COc1cc2ncnc(Nc3ccc4ncsc4c3)c2cc1N. The van der Waals surface area contributed by atoms with E-state index in [2.05, 4.69) is 32.5 Å². The van der Waals surface area contributed by atoms with Crippen molar-refractivity contribution in [3.63, 3.8) is 0 Å². The molecule has 4 N–H and O–H groups in total. The molecule has 2 aromatic carbocycles. The van der Waals surface area contributed by atoms with Crippen molar-refractivity contribution >= 4 is 49.6 Å². The fourth-order valence-electron chi connectivity index (χ4n) is 4.43. The number of anilines is 3. The van der Waals surface area contributed by atoms with Gasteiger partial charge in [-0.25, -0.2) is 15.0 Å². The molecule has 7 nitrogen and oxygen atoms in total. The highest BCUT2D eigenvalue weighted by atomic mass is 32.1. The van der Waals surface area contributed by atoms with Gasteiger partial charge in [-0.3, -0.25) is 0 Å². The lowest BCUT2D eigenvalue weighted by Crippen LogP contribution is -2.23. The number of nitrogens with zero attached hydrogens (tertiary/aromatic N) is 3. The summed E-state index contributed by atoms with van der Waals surface area (Å²) in [7, 11) is 1.59. The van der Waals surface area contributed by atoms with Crippen LogP contribution in [0.4, 0.5) is 17.2 Å². The van der Waals surface area contributed by atoms with Gasteiger partial charge in [0, 0.05) is 17.1 Å². The number of rotatable bonds is 3. The van der Waals surface area contributed by atoms with E-state index >= 15 is 0 Å². The van der Waals surface area contributed by atoms with Crippen LogP contribution in [0.3, 0.4) is 0 Å². The van der Waals surface area contributed by atoms with E-state index in [9.17, 15) is 0 Å². The molecule has 0 amide bonds. The molecule has 1 aliphatic carbocycles. The van der Waals surface area contributed by atoms with Crippen LogP contribution in [0.1, 0.15) is 13.3 Å². The smallest absolute Gasteiger partial charge is 0.143 e. The third-order valence-electron chi connectivity index (χ3n) is 6.38. The number of aromatic nitrogens is 3. The summed E-state index contributed by atoms with van der Waals surface area (Å²) in [4.78, 5) is 12.9. The molecule has 3 heterocycles. The summed E-state index contributed by atoms with van der Waals surface area (Å²) >= 11 is 1.60. The lowest BCUT2D eigenvalue weighted by Gasteiger charge is -2.11. The number of benzene rings is 2. The van der Waals surface area contributed by atoms with Gasteiger partial charge in [0.1, 0.15) is 17.9 Å². The zero-order chi connectivity index (χ0) is 21.4. The lowest BCUT2D eigenvalue weighted by molar-refractivity contribution is 0.417. The molecule has 6 rings (SSSR count). The van der Waals surface area contributed by atoms with Gasteiger partial charge >= 0.3 is 0 Å². The van der Waals surface area contributed by atoms with E-state index in [1.807, 2.05) is 35.8 Å². The van der Waals surface area contributed by atoms with Gasteiger partial charge in [0.05, 0.1) is 34.0 Å². The molecule has 1 saturated heterocycles. The summed E-state index contributed by atoms with van der Waals surface area (Å²) < 4.78 is 6.36. The summed E-state index contributed by atoms with van der Waals surface area (Å²) in [5, 5.41) is 7.57. The Labute approximate surface area is 185 Å². The van der Waals surface area contributed by atoms with Gasteiger partial charge in [0.2, 0.25) is 0 Å². The third-order valence-corrected chi connectivity index (χ3v) is 7.17. The van der Waals surface area contributed by atoms with Gasteiger partial charge in [0.15, 0.2) is 0 Å². The van der Waals surface area contributed by atoms with Crippen molar-refractivity contribution in [2.24, 2.45) is 17.8 Å². The average Bonchev–Trinajstić information content (AvgIpc) is 3.22. The average molecular weight is 435 g/mol. The molecule has 160 valence electrons. The molecule has 2 aromatic heterocycles. The van der Waals surface area contributed by atoms with E-state index in [0.717, 1.165) is 44.6 Å². The molecular formula is C23H26N6OS. The quantitative estimate of drug-likeness (QED) is 0.410. The second-order valence-electron chi connectivity index (χ2n) is 8.17. The normalized spacial score (nSPS) is 21.8. The van der Waals surface area contributed by atoms with Crippen LogP contribution in [0, 0.1) is 17.8 Å². The zero-order valence-corrected chi connectivity index (χ0v) is 18.4. The van der Waals surface area contributed by atoms with Crippen LogP contribution < -0.4 is 21.1 Å². The molecular weight excluding hydrogens is 408 g/mol. The van der Waals surface area contributed by atoms with Gasteiger partial charge in [-0.2, -0.15) is 0 Å². The summed E-state index contributed by atoms with van der Waals surface area (Å²) in [5.41, 5.74) is 11.1. The van der Waals surface area contributed by atoms with Crippen LogP contribution in [0.5, 0.6) is 5.75 Å². The van der Waals surface area contributed by atoms with Crippen molar-refractivity contribution < 1.29 is 4.74 Å². The molecule has 8 heteroatoms. The van der Waals surface area contributed by atoms with Crippen molar-refractivity contribution in [1.82, 2.24) is 20.3 Å². The molecule has 31 heavy (non-hydrogen) atoms. The molecule has 4 aromatic rings. The highest BCUT2D eigenvalue weighted by molar-refractivity contribution is 7.16. The minimum absolute atomic E-state index is 0.552. The molecule has 1 aliphatic heterocycles. The fourth-order valence-corrected chi connectivity index (χ4v) is 5.15. The van der Waals surface area contributed by atoms with E-state index < -0.39 is 0 Å². The Morgan fingerprint density at radius 2 is 2.03 bits per heavy atom. The number of ether oxygens (including phenoxy) is 1. The highest BCUT2D eigenvalue weighted by Gasteiger charge is 2.46. The number of fused-ring (bicyclic) bond motifs is 3. The predicted octanol–water partition coefficient (Wildman–Crippen LogP) is 4.44. The van der Waals surface area contributed by atoms with Gasteiger partial charge in [-0.1, -0.05) is 6.92 Å². The Balaban J connectivity index is 0.000000212. The van der Waals surface area contributed by atoms with Crippen molar-refractivity contribution in [2.75, 3.05) is 31.2 Å². The van der Waals surface area contributed by atoms with E-state index in [4.69, 9.17) is 10.5 Å². The standard InChI is InChI=1S/C16H13N5OS.C7H13N/c1-22-14-6-13-10(5-11(14)17)16(19-7-18-13)21-9-2-3-12-15(4-9)23-8-20-12;1-5-6-2-3-8-4-7(5)6/h2-8H,17H2,1H3,(H,18,19,21);5-8H,2-4H2,1H3/t;5?,6?,7-/m.1/s1. The first-order valence-corrected chi connectivity index (χ1v) is 11.4. The number of piperidine rings is 1. The number of hydrogen-bond acceptors (Lipinski definition) is 8. The molecule has 2 fully saturated rings. The molecule has 0 bridgehead atoms. The van der Waals surface area contributed by atoms with Crippen molar-refractivity contribution in [3.05, 3.63) is 42.2 Å². The molecule has 2 unspecified atom stereocenters. The minimum atomic E-state index is 0.552. The maximum atomic E-state index is 6.01. The molecule has 2 aliphatic rings. The molecule has 1 saturated carbocycles. The third kappa shape index (κ3) is 4.00. The van der Waals surface area contributed by atoms with Crippen LogP contribution in [-0.4, -0.2) is 35.2 Å². The monoisotopic (exact) mass is 434 g/mol. The van der Waals surface area contributed by atoms with E-state index in [1.54, 1.807) is 18.4 Å². The largest absolute Gasteiger partial charge is 0.495 e. The topological polar surface area (TPSA) is 98.0 Å². The van der Waals surface area contributed by atoms with Crippen molar-refractivity contribution in [1.29, 1.82) is 0 Å². The predicted molar refractivity (Wildman–Crippen MR) is 127 cm³/mol. The van der Waals surface area contributed by atoms with Crippen molar-refractivity contribution in [2.45, 2.75) is 13.3 Å². The number of methoxy groups -OCH3 is 1. The number of nitrogens with one attached hydrogen (secondary N) is 2. The Kier molecular flexibility index (Phi) is 5.33. The highest BCUT2D eigenvalue weighted by Crippen LogP contribution is 2.49. The molecule has 0 radical (unpaired) electrons. The Hall–Kier alpha value is -2.97. The fraction of sp³-hybridized carbons (Fsp3) is 0.348. The number of nitrogens with two attached hydrogens (primary N) is 1. The van der Waals surface area contributed by atoms with Crippen LogP contribution in [0.2, 0.25) is 0 Å². The first-order chi connectivity index (χ1) is 15.1. The first-order valence-electron chi connectivity index (χ1n) is 10.5. The van der Waals surface area contributed by atoms with Crippen molar-refractivity contribution in [3.8, 4) is 5.75 Å². The van der Waals surface area contributed by atoms with E-state index in [0.29, 0.717) is 17.3 Å². The summed E-state index contributed by atoms with van der Waals surface area (Å²) in [6, 6.07) is 9.64. The molecule has 0 spiro atoms. The Morgan fingerprint density at radius 1 is 1.13 bits per heavy atom. The summed E-state index contributed by atoms with van der Waals surface area (Å²) in [6.07, 6.45) is 2.96. The van der Waals surface area contributed by atoms with Crippen LogP contribution in [0.25, 0.3) is 21.1 Å². The lowest BCUT2D eigenvalue weighted by atomic mass is 10.2. The van der Waals surface area contributed by atoms with Crippen LogP contribution in [0.15, 0.2) is 42.2 Å². The molecule has 3 atom stereocenters. The van der Waals surface area contributed by atoms with E-state index in [1.165, 1.54) is 25.8 Å². The first kappa shape index (κ1) is 20.0. The van der Waals surface area contributed by atoms with Crippen LogP contribution >= 0.6 is 11.3 Å². The maximum Gasteiger partial charge on any atom is 0.143 e. The zero-order valence-electron chi connectivity index (χ0n) is 17.6. The second kappa shape index (κ2) is 8.28. The van der Waals surface area contributed by atoms with Gasteiger partial charge in [-0.05, 0) is 61.5 Å². The Morgan fingerprint density at radius 3 is 2.81 bits per heavy atom. The minimum Gasteiger partial charge on any atom is -0.495 e. The maximum absolute atomic E-state index is 6.01. The van der Waals surface area contributed by atoms with Gasteiger partial charge < -0.3 is 21.1 Å². The van der Waals surface area contributed by atoms with E-state index in [-0.39, 0.29) is 0 Å². The Bertz CT molecular complexity index is 1210. The van der Waals surface area contributed by atoms with Gasteiger partial charge in [-0.15, -0.1) is 11.3 Å². The van der Waals surface area contributed by atoms with Gasteiger partial charge in [0.25, 0.3) is 0 Å². The number of hydrogen-bond donors (Lipinski definition) is 3. The van der Waals surface area contributed by atoms with Crippen LogP contribution in [-0.2, 0) is 0 Å². The summed E-state index contributed by atoms with van der Waals surface area (Å²) in [6.45, 7) is 4.94.